The lowest BCUT2D eigenvalue weighted by molar-refractivity contribution is 0.0444. The van der Waals surface area contributed by atoms with Crippen molar-refractivity contribution < 1.29 is 19.4 Å². The number of hydrogen-bond acceptors (Lipinski definition) is 4. The van der Waals surface area contributed by atoms with E-state index in [1.54, 1.807) is 13.0 Å². The van der Waals surface area contributed by atoms with Gasteiger partial charge in [0.05, 0.1) is 17.2 Å². The van der Waals surface area contributed by atoms with Crippen LogP contribution in [0, 0.1) is 0 Å². The molecule has 1 N–H and O–H groups in total. The number of aliphatic hydroxyl groups excluding tert-OH is 1. The van der Waals surface area contributed by atoms with Crippen molar-refractivity contribution >= 4 is 11.9 Å². The van der Waals surface area contributed by atoms with Crippen LogP contribution in [0.4, 0.5) is 0 Å². The molecule has 1 aliphatic heterocycles. The van der Waals surface area contributed by atoms with Gasteiger partial charge in [0.2, 0.25) is 0 Å². The monoisotopic (exact) mass is 192 g/mol. The highest BCUT2D eigenvalue weighted by Gasteiger charge is 2.29. The van der Waals surface area contributed by atoms with Crippen molar-refractivity contribution in [2.45, 2.75) is 13.0 Å². The Morgan fingerprint density at radius 3 is 2.50 bits per heavy atom. The second-order valence-electron chi connectivity index (χ2n) is 3.16. The topological polar surface area (TPSA) is 63.6 Å². The maximum atomic E-state index is 11.1. The predicted molar refractivity (Wildman–Crippen MR) is 46.8 cm³/mol. The van der Waals surface area contributed by atoms with E-state index in [9.17, 15) is 14.7 Å². The number of carbonyl (C=O) groups is 2. The molecule has 1 unspecified atom stereocenters. The Bertz CT molecular complexity index is 420. The molecule has 14 heavy (non-hydrogen) atoms. The summed E-state index contributed by atoms with van der Waals surface area (Å²) in [5.41, 5.74) is 1.09. The third-order valence-electron chi connectivity index (χ3n) is 2.15. The lowest BCUT2D eigenvalue weighted by Crippen LogP contribution is -1.97. The van der Waals surface area contributed by atoms with Crippen molar-refractivity contribution in [2.24, 2.45) is 0 Å². The summed E-state index contributed by atoms with van der Waals surface area (Å²) in [5.74, 6) is -1.27. The predicted octanol–water partition coefficient (Wildman–Crippen LogP) is 1.05. The van der Waals surface area contributed by atoms with Gasteiger partial charge < -0.3 is 9.84 Å². The van der Waals surface area contributed by atoms with E-state index < -0.39 is 18.0 Å². The molecule has 4 heteroatoms. The first-order chi connectivity index (χ1) is 6.59. The average molecular weight is 192 g/mol. The molecule has 1 aromatic carbocycles. The van der Waals surface area contributed by atoms with Gasteiger partial charge in [-0.25, -0.2) is 9.59 Å². The fourth-order valence-corrected chi connectivity index (χ4v) is 1.36. The largest absolute Gasteiger partial charge is 0.389 e. The van der Waals surface area contributed by atoms with Crippen LogP contribution in [0.15, 0.2) is 18.2 Å². The van der Waals surface area contributed by atoms with E-state index in [1.807, 2.05) is 0 Å². The lowest BCUT2D eigenvalue weighted by Gasteiger charge is -2.03. The number of ether oxygens (including phenoxy) is 1. The Hall–Kier alpha value is -1.68. The zero-order chi connectivity index (χ0) is 10.3. The summed E-state index contributed by atoms with van der Waals surface area (Å²) in [6, 6.07) is 4.57. The van der Waals surface area contributed by atoms with Crippen molar-refractivity contribution in [3.63, 3.8) is 0 Å². The van der Waals surface area contributed by atoms with E-state index in [1.165, 1.54) is 12.1 Å². The highest BCUT2D eigenvalue weighted by Crippen LogP contribution is 2.23. The lowest BCUT2D eigenvalue weighted by atomic mass is 10.0. The molecule has 0 aliphatic carbocycles. The molecule has 1 aromatic rings. The minimum atomic E-state index is -0.663. The SMILES string of the molecule is CC(O)c1ccc2c(c1)C(=O)OC2=O. The summed E-state index contributed by atoms with van der Waals surface area (Å²) < 4.78 is 4.41. The standard InChI is InChI=1S/C10H8O4/c1-5(11)6-2-3-7-8(4-6)10(13)14-9(7)12/h2-5,11H,1H3. The molecule has 1 aliphatic rings. The first-order valence-corrected chi connectivity index (χ1v) is 4.18. The number of aliphatic hydroxyl groups is 1. The van der Waals surface area contributed by atoms with Crippen LogP contribution in [0.3, 0.4) is 0 Å². The minimum Gasteiger partial charge on any atom is -0.389 e. The molecule has 0 spiro atoms. The maximum absolute atomic E-state index is 11.1. The van der Waals surface area contributed by atoms with E-state index in [-0.39, 0.29) is 11.1 Å². The van der Waals surface area contributed by atoms with E-state index in [4.69, 9.17) is 0 Å². The van der Waals surface area contributed by atoms with Crippen LogP contribution in [-0.2, 0) is 4.74 Å². The third kappa shape index (κ3) is 1.20. The highest BCUT2D eigenvalue weighted by molar-refractivity contribution is 6.14. The number of fused-ring (bicyclic) bond motifs is 1. The summed E-state index contributed by atoms with van der Waals surface area (Å²) in [4.78, 5) is 22.2. The molecule has 1 heterocycles. The second kappa shape index (κ2) is 2.92. The third-order valence-corrected chi connectivity index (χ3v) is 2.15. The number of carbonyl (C=O) groups excluding carboxylic acids is 2. The summed E-state index contributed by atoms with van der Waals surface area (Å²) in [5, 5.41) is 9.27. The van der Waals surface area contributed by atoms with Gasteiger partial charge in [0, 0.05) is 0 Å². The number of esters is 2. The van der Waals surface area contributed by atoms with Crippen LogP contribution in [0.1, 0.15) is 39.3 Å². The van der Waals surface area contributed by atoms with Crippen molar-refractivity contribution in [1.29, 1.82) is 0 Å². The van der Waals surface area contributed by atoms with Crippen LogP contribution in [0.25, 0.3) is 0 Å². The summed E-state index contributed by atoms with van der Waals surface area (Å²) in [7, 11) is 0. The van der Waals surface area contributed by atoms with Crippen molar-refractivity contribution in [3.05, 3.63) is 34.9 Å². The van der Waals surface area contributed by atoms with E-state index in [0.29, 0.717) is 5.56 Å². The first-order valence-electron chi connectivity index (χ1n) is 4.18. The Balaban J connectivity index is 2.55. The average Bonchev–Trinajstić information content (AvgIpc) is 2.42. The van der Waals surface area contributed by atoms with Crippen LogP contribution < -0.4 is 0 Å². The number of cyclic esters (lactones) is 2. The number of rotatable bonds is 1. The van der Waals surface area contributed by atoms with Gasteiger partial charge in [0.1, 0.15) is 0 Å². The zero-order valence-electron chi connectivity index (χ0n) is 7.48. The Kier molecular flexibility index (Phi) is 1.86. The molecule has 0 saturated carbocycles. The van der Waals surface area contributed by atoms with Gasteiger partial charge in [-0.3, -0.25) is 0 Å². The Labute approximate surface area is 80.1 Å². The van der Waals surface area contributed by atoms with E-state index in [0.717, 1.165) is 0 Å². The smallest absolute Gasteiger partial charge is 0.346 e. The molecule has 0 amide bonds. The second-order valence-corrected chi connectivity index (χ2v) is 3.16. The Morgan fingerprint density at radius 2 is 1.86 bits per heavy atom. The minimum absolute atomic E-state index is 0.230. The molecule has 0 aromatic heterocycles. The van der Waals surface area contributed by atoms with Gasteiger partial charge in [-0.2, -0.15) is 0 Å². The van der Waals surface area contributed by atoms with Gasteiger partial charge in [0.25, 0.3) is 0 Å². The van der Waals surface area contributed by atoms with Crippen LogP contribution >= 0.6 is 0 Å². The quantitative estimate of drug-likeness (QED) is 0.533. The molecule has 4 nitrogen and oxygen atoms in total. The van der Waals surface area contributed by atoms with Gasteiger partial charge >= 0.3 is 11.9 Å². The zero-order valence-corrected chi connectivity index (χ0v) is 7.48. The number of hydrogen-bond donors (Lipinski definition) is 1. The normalized spacial score (nSPS) is 16.4. The van der Waals surface area contributed by atoms with E-state index >= 15 is 0 Å². The molecule has 0 fully saturated rings. The van der Waals surface area contributed by atoms with Gasteiger partial charge in [-0.05, 0) is 24.6 Å². The van der Waals surface area contributed by atoms with Crippen molar-refractivity contribution in [3.8, 4) is 0 Å². The van der Waals surface area contributed by atoms with Crippen LogP contribution in [-0.4, -0.2) is 17.0 Å². The molecular weight excluding hydrogens is 184 g/mol. The fraction of sp³-hybridized carbons (Fsp3) is 0.200. The molecule has 0 radical (unpaired) electrons. The maximum Gasteiger partial charge on any atom is 0.346 e. The number of benzene rings is 1. The molecular formula is C10H8O4. The molecule has 0 bridgehead atoms. The van der Waals surface area contributed by atoms with Crippen molar-refractivity contribution in [2.75, 3.05) is 0 Å². The molecule has 72 valence electrons. The van der Waals surface area contributed by atoms with Gasteiger partial charge in [-0.15, -0.1) is 0 Å². The Morgan fingerprint density at radius 1 is 1.21 bits per heavy atom. The van der Waals surface area contributed by atoms with Crippen LogP contribution in [0.5, 0.6) is 0 Å². The molecule has 0 saturated heterocycles. The summed E-state index contributed by atoms with van der Waals surface area (Å²) in [6.07, 6.45) is -0.663. The molecule has 1 atom stereocenters. The highest BCUT2D eigenvalue weighted by atomic mass is 16.6. The van der Waals surface area contributed by atoms with Gasteiger partial charge in [-0.1, -0.05) is 6.07 Å². The summed E-state index contributed by atoms with van der Waals surface area (Å²) >= 11 is 0. The molecule has 2 rings (SSSR count). The van der Waals surface area contributed by atoms with E-state index in [2.05, 4.69) is 4.74 Å². The van der Waals surface area contributed by atoms with Crippen molar-refractivity contribution in [1.82, 2.24) is 0 Å². The van der Waals surface area contributed by atoms with Crippen LogP contribution in [0.2, 0.25) is 0 Å². The fourth-order valence-electron chi connectivity index (χ4n) is 1.36. The van der Waals surface area contributed by atoms with Gasteiger partial charge in [0.15, 0.2) is 0 Å². The summed E-state index contributed by atoms with van der Waals surface area (Å²) in [6.45, 7) is 1.59. The first kappa shape index (κ1) is 8.90.